The number of hydrogen-bond acceptors (Lipinski definition) is 4. The minimum atomic E-state index is 1.29. The molecule has 0 aromatic carbocycles. The molecule has 0 saturated heterocycles. The molecule has 0 unspecified atom stereocenters. The van der Waals surface area contributed by atoms with Crippen molar-refractivity contribution in [3.05, 3.63) is 18.8 Å². The second-order valence-corrected chi connectivity index (χ2v) is 7.17. The maximum Gasteiger partial charge on any atom is 0.0660 e. The zero-order valence-corrected chi connectivity index (χ0v) is 9.39. The van der Waals surface area contributed by atoms with Crippen LogP contribution in [0.4, 0.5) is 0 Å². The number of rotatable bonds is 0. The maximum absolute atomic E-state index is 2.20. The lowest BCUT2D eigenvalue weighted by Gasteiger charge is -2.08. The number of hydrogen-bond donors (Lipinski definition) is 0. The molecule has 0 atom stereocenters. The molecule has 2 heterocycles. The monoisotopic (exact) mass is 220 g/mol. The van der Waals surface area contributed by atoms with Crippen molar-refractivity contribution < 1.29 is 0 Å². The lowest BCUT2D eigenvalue weighted by Crippen LogP contribution is -1.88. The topological polar surface area (TPSA) is 0 Å². The van der Waals surface area contributed by atoms with Crippen LogP contribution in [-0.4, -0.2) is 11.5 Å². The Kier molecular flexibility index (Phi) is 2.87. The van der Waals surface area contributed by atoms with E-state index in [1.807, 2.05) is 47.0 Å². The largest absolute Gasteiger partial charge is 0.116 e. The second kappa shape index (κ2) is 3.73. The Balaban J connectivity index is 2.15. The zero-order chi connectivity index (χ0) is 7.68. The summed E-state index contributed by atoms with van der Waals surface area (Å²) in [5.41, 5.74) is 0. The van der Waals surface area contributed by atoms with Crippen LogP contribution in [0.1, 0.15) is 6.92 Å². The van der Waals surface area contributed by atoms with Crippen molar-refractivity contribution in [3.63, 3.8) is 0 Å². The molecule has 0 spiro atoms. The van der Waals surface area contributed by atoms with Crippen LogP contribution in [0.15, 0.2) is 18.8 Å². The first-order valence-corrected chi connectivity index (χ1v) is 7.02. The SMILES string of the molecule is CC=C1SC2=C(SCCS2)S1. The molecule has 11 heavy (non-hydrogen) atoms. The van der Waals surface area contributed by atoms with Gasteiger partial charge in [0.1, 0.15) is 0 Å². The molecular formula is C7H8S4. The summed E-state index contributed by atoms with van der Waals surface area (Å²) in [6, 6.07) is 0. The van der Waals surface area contributed by atoms with Gasteiger partial charge in [0.15, 0.2) is 0 Å². The average Bonchev–Trinajstić information content (AvgIpc) is 2.46. The number of thioether (sulfide) groups is 4. The highest BCUT2D eigenvalue weighted by Crippen LogP contribution is 2.59. The third-order valence-corrected chi connectivity index (χ3v) is 7.22. The Bertz CT molecular complexity index is 209. The van der Waals surface area contributed by atoms with Crippen molar-refractivity contribution in [1.29, 1.82) is 0 Å². The molecule has 0 nitrogen and oxygen atoms in total. The van der Waals surface area contributed by atoms with Gasteiger partial charge in [-0.1, -0.05) is 29.6 Å². The lowest BCUT2D eigenvalue weighted by atomic mass is 10.8. The number of allylic oxidation sites excluding steroid dienone is 1. The zero-order valence-electron chi connectivity index (χ0n) is 6.12. The summed E-state index contributed by atoms with van der Waals surface area (Å²) in [5.74, 6) is 2.57. The van der Waals surface area contributed by atoms with E-state index >= 15 is 0 Å². The summed E-state index contributed by atoms with van der Waals surface area (Å²) < 4.78 is 4.54. The molecule has 0 amide bonds. The molecule has 0 radical (unpaired) electrons. The van der Waals surface area contributed by atoms with Gasteiger partial charge in [-0.3, -0.25) is 0 Å². The molecule has 0 saturated carbocycles. The summed E-state index contributed by atoms with van der Waals surface area (Å²) >= 11 is 7.91. The quantitative estimate of drug-likeness (QED) is 0.606. The Hall–Kier alpha value is 0.880. The fourth-order valence-corrected chi connectivity index (χ4v) is 6.59. The van der Waals surface area contributed by atoms with E-state index in [-0.39, 0.29) is 0 Å². The van der Waals surface area contributed by atoms with Crippen molar-refractivity contribution in [2.45, 2.75) is 6.92 Å². The standard InChI is InChI=1S/C7H8S4/c1-2-5-10-6-7(11-5)9-4-3-8-6/h2H,3-4H2,1H3. The van der Waals surface area contributed by atoms with Crippen LogP contribution in [0.2, 0.25) is 0 Å². The van der Waals surface area contributed by atoms with Gasteiger partial charge in [0.2, 0.25) is 0 Å². The van der Waals surface area contributed by atoms with Crippen molar-refractivity contribution in [2.24, 2.45) is 0 Å². The van der Waals surface area contributed by atoms with Crippen molar-refractivity contribution >= 4 is 47.0 Å². The van der Waals surface area contributed by atoms with Gasteiger partial charge in [-0.25, -0.2) is 0 Å². The summed E-state index contributed by atoms with van der Waals surface area (Å²) in [5, 5.41) is 0. The van der Waals surface area contributed by atoms with E-state index in [9.17, 15) is 0 Å². The first-order valence-electron chi connectivity index (χ1n) is 3.42. The molecule has 2 rings (SSSR count). The van der Waals surface area contributed by atoms with E-state index in [2.05, 4.69) is 13.0 Å². The van der Waals surface area contributed by atoms with E-state index in [0.717, 1.165) is 0 Å². The van der Waals surface area contributed by atoms with E-state index < -0.39 is 0 Å². The van der Waals surface area contributed by atoms with Gasteiger partial charge in [-0.15, -0.1) is 23.5 Å². The third-order valence-electron chi connectivity index (χ3n) is 1.34. The first-order chi connectivity index (χ1) is 5.40. The molecule has 4 heteroatoms. The molecule has 0 N–H and O–H groups in total. The molecule has 0 aromatic rings. The van der Waals surface area contributed by atoms with Crippen LogP contribution >= 0.6 is 47.0 Å². The highest BCUT2D eigenvalue weighted by Gasteiger charge is 2.23. The molecule has 2 aliphatic heterocycles. The predicted molar refractivity (Wildman–Crippen MR) is 60.9 cm³/mol. The van der Waals surface area contributed by atoms with Crippen molar-refractivity contribution in [1.82, 2.24) is 0 Å². The van der Waals surface area contributed by atoms with Crippen molar-refractivity contribution in [3.8, 4) is 0 Å². The van der Waals surface area contributed by atoms with E-state index in [1.54, 1.807) is 8.47 Å². The normalized spacial score (nSPS) is 23.9. The molecular weight excluding hydrogens is 212 g/mol. The highest BCUT2D eigenvalue weighted by atomic mass is 32.3. The first kappa shape index (κ1) is 8.48. The third kappa shape index (κ3) is 1.79. The molecule has 0 aliphatic carbocycles. The summed E-state index contributed by atoms with van der Waals surface area (Å²) in [6.07, 6.45) is 2.20. The van der Waals surface area contributed by atoms with Crippen LogP contribution in [0.25, 0.3) is 0 Å². The van der Waals surface area contributed by atoms with E-state index in [0.29, 0.717) is 0 Å². The van der Waals surface area contributed by atoms with E-state index in [1.165, 1.54) is 15.7 Å². The van der Waals surface area contributed by atoms with Gasteiger partial charge in [-0.05, 0) is 6.92 Å². The van der Waals surface area contributed by atoms with Crippen LogP contribution in [-0.2, 0) is 0 Å². The maximum atomic E-state index is 2.20. The smallest absolute Gasteiger partial charge is 0.0660 e. The minimum Gasteiger partial charge on any atom is -0.116 e. The highest BCUT2D eigenvalue weighted by molar-refractivity contribution is 8.41. The Morgan fingerprint density at radius 2 is 1.64 bits per heavy atom. The van der Waals surface area contributed by atoms with Crippen LogP contribution in [0.5, 0.6) is 0 Å². The fraction of sp³-hybridized carbons (Fsp3) is 0.429. The van der Waals surface area contributed by atoms with Gasteiger partial charge < -0.3 is 0 Å². The van der Waals surface area contributed by atoms with Gasteiger partial charge in [0.05, 0.1) is 8.47 Å². The molecule has 2 aliphatic rings. The van der Waals surface area contributed by atoms with Gasteiger partial charge in [0, 0.05) is 15.7 Å². The van der Waals surface area contributed by atoms with Gasteiger partial charge in [0.25, 0.3) is 0 Å². The Morgan fingerprint density at radius 3 is 2.09 bits per heavy atom. The van der Waals surface area contributed by atoms with Gasteiger partial charge >= 0.3 is 0 Å². The second-order valence-electron chi connectivity index (χ2n) is 2.08. The minimum absolute atomic E-state index is 1.29. The van der Waals surface area contributed by atoms with E-state index in [4.69, 9.17) is 0 Å². The average molecular weight is 220 g/mol. The van der Waals surface area contributed by atoms with Crippen LogP contribution in [0, 0.1) is 0 Å². The molecule has 60 valence electrons. The van der Waals surface area contributed by atoms with Crippen LogP contribution < -0.4 is 0 Å². The summed E-state index contributed by atoms with van der Waals surface area (Å²) in [7, 11) is 0. The van der Waals surface area contributed by atoms with Crippen LogP contribution in [0.3, 0.4) is 0 Å². The summed E-state index contributed by atoms with van der Waals surface area (Å²) in [6.45, 7) is 2.11. The van der Waals surface area contributed by atoms with Gasteiger partial charge in [-0.2, -0.15) is 0 Å². The lowest BCUT2D eigenvalue weighted by molar-refractivity contribution is 1.56. The predicted octanol–water partition coefficient (Wildman–Crippen LogP) is 3.93. The summed E-state index contributed by atoms with van der Waals surface area (Å²) in [4.78, 5) is 0. The molecule has 0 fully saturated rings. The Morgan fingerprint density at radius 1 is 1.09 bits per heavy atom. The molecule has 0 bridgehead atoms. The Labute approximate surface area is 84.0 Å². The molecule has 0 aromatic heterocycles. The fourth-order valence-electron chi connectivity index (χ4n) is 0.850. The van der Waals surface area contributed by atoms with Crippen molar-refractivity contribution in [2.75, 3.05) is 11.5 Å².